The van der Waals surface area contributed by atoms with Gasteiger partial charge in [0.05, 0.1) is 12.7 Å². The molecular weight excluding hydrogens is 414 g/mol. The maximum atomic E-state index is 12.4. The largest absolute Gasteiger partial charge is 0.494 e. The molecule has 2 N–H and O–H groups in total. The third kappa shape index (κ3) is 9.95. The zero-order valence-corrected chi connectivity index (χ0v) is 19.4. The number of thioether (sulfide) groups is 1. The van der Waals surface area contributed by atoms with Gasteiger partial charge in [-0.05, 0) is 68.4 Å². The Bertz CT molecular complexity index is 666. The number of likely N-dealkylation sites (tertiary alicyclic amines) is 1. The van der Waals surface area contributed by atoms with Crippen LogP contribution in [0.25, 0.3) is 0 Å². The smallest absolute Gasteiger partial charge is 0.303 e. The molecule has 6 nitrogen and oxygen atoms in total. The van der Waals surface area contributed by atoms with Crippen molar-refractivity contribution in [2.45, 2.75) is 76.9 Å². The van der Waals surface area contributed by atoms with E-state index >= 15 is 0 Å². The molecule has 7 heteroatoms. The number of carboxylic acid groups (broad SMARTS) is 1. The van der Waals surface area contributed by atoms with Crippen LogP contribution in [0.15, 0.2) is 24.3 Å². The summed E-state index contributed by atoms with van der Waals surface area (Å²) in [7, 11) is 0. The third-order valence-corrected chi connectivity index (χ3v) is 6.59. The molecule has 1 aromatic rings. The molecule has 2 atom stereocenters. The van der Waals surface area contributed by atoms with Gasteiger partial charge >= 0.3 is 5.97 Å². The van der Waals surface area contributed by atoms with Crippen molar-refractivity contribution in [2.75, 3.05) is 24.7 Å². The fourth-order valence-corrected chi connectivity index (χ4v) is 4.77. The van der Waals surface area contributed by atoms with Crippen molar-refractivity contribution in [3.63, 3.8) is 0 Å². The number of carboxylic acids is 1. The number of carbonyl (C=O) groups is 2. The van der Waals surface area contributed by atoms with Crippen LogP contribution >= 0.6 is 11.8 Å². The van der Waals surface area contributed by atoms with Crippen molar-refractivity contribution in [1.29, 1.82) is 0 Å². The summed E-state index contributed by atoms with van der Waals surface area (Å²) in [6.45, 7) is 3.49. The van der Waals surface area contributed by atoms with Gasteiger partial charge in [-0.1, -0.05) is 19.1 Å². The molecule has 1 aliphatic heterocycles. The minimum absolute atomic E-state index is 0.195. The molecule has 0 aromatic heterocycles. The topological polar surface area (TPSA) is 87.1 Å². The standard InChI is InChI=1S/C24H37NO5S/c1-2-15-30-22-12-8-19(9-13-22)18-21(26)11-10-20-5-3-6-23(27)25(20)14-17-31-16-4-7-24(28)29/h8-9,12-13,20-21,26H,2-7,10-11,14-18H2,1H3,(H,28,29)/t20-,21?/m1/s1. The average Bonchev–Trinajstić information content (AvgIpc) is 2.75. The highest BCUT2D eigenvalue weighted by molar-refractivity contribution is 7.99. The molecule has 1 saturated heterocycles. The summed E-state index contributed by atoms with van der Waals surface area (Å²) in [4.78, 5) is 25.0. The van der Waals surface area contributed by atoms with Gasteiger partial charge in [-0.25, -0.2) is 0 Å². The first kappa shape index (κ1) is 25.5. The highest BCUT2D eigenvalue weighted by Crippen LogP contribution is 2.24. The summed E-state index contributed by atoms with van der Waals surface area (Å²) in [6, 6.07) is 8.11. The van der Waals surface area contributed by atoms with Crippen molar-refractivity contribution >= 4 is 23.6 Å². The van der Waals surface area contributed by atoms with Gasteiger partial charge in [0.25, 0.3) is 0 Å². The van der Waals surface area contributed by atoms with Crippen LogP contribution in [-0.4, -0.2) is 63.8 Å². The SMILES string of the molecule is CCCOc1ccc(CC(O)CC[C@H]2CCCC(=O)N2CCSCCCC(=O)O)cc1. The molecule has 174 valence electrons. The Morgan fingerprint density at radius 1 is 1.29 bits per heavy atom. The van der Waals surface area contributed by atoms with E-state index in [2.05, 4.69) is 6.92 Å². The first-order valence-corrected chi connectivity index (χ1v) is 12.6. The van der Waals surface area contributed by atoms with Crippen LogP contribution in [0.1, 0.15) is 63.9 Å². The van der Waals surface area contributed by atoms with Gasteiger partial charge in [0, 0.05) is 31.2 Å². The Balaban J connectivity index is 1.73. The summed E-state index contributed by atoms with van der Waals surface area (Å²) in [5.74, 6) is 1.94. The molecule has 1 amide bonds. The first-order valence-electron chi connectivity index (χ1n) is 11.5. The van der Waals surface area contributed by atoms with E-state index in [1.54, 1.807) is 11.8 Å². The zero-order valence-electron chi connectivity index (χ0n) is 18.6. The molecule has 1 unspecified atom stereocenters. The summed E-state index contributed by atoms with van der Waals surface area (Å²) >= 11 is 1.71. The quantitative estimate of drug-likeness (QED) is 0.390. The molecular formula is C24H37NO5S. The molecule has 0 aliphatic carbocycles. The van der Waals surface area contributed by atoms with E-state index < -0.39 is 12.1 Å². The molecule has 1 heterocycles. The number of hydrogen-bond donors (Lipinski definition) is 2. The minimum Gasteiger partial charge on any atom is -0.494 e. The number of piperidine rings is 1. The predicted molar refractivity (Wildman–Crippen MR) is 125 cm³/mol. The fourth-order valence-electron chi connectivity index (χ4n) is 3.89. The predicted octanol–water partition coefficient (Wildman–Crippen LogP) is 4.14. The van der Waals surface area contributed by atoms with Gasteiger partial charge in [0.1, 0.15) is 5.75 Å². The van der Waals surface area contributed by atoms with Crippen LogP contribution in [0.2, 0.25) is 0 Å². The molecule has 1 aromatic carbocycles. The summed E-state index contributed by atoms with van der Waals surface area (Å²) in [6.07, 6.45) is 6.02. The normalized spacial score (nSPS) is 17.5. The second-order valence-corrected chi connectivity index (χ2v) is 9.40. The Kier molecular flexibility index (Phi) is 11.8. The lowest BCUT2D eigenvalue weighted by atomic mass is 9.94. The summed E-state index contributed by atoms with van der Waals surface area (Å²) in [5, 5.41) is 19.2. The lowest BCUT2D eigenvalue weighted by molar-refractivity contribution is -0.137. The van der Waals surface area contributed by atoms with Crippen molar-refractivity contribution in [1.82, 2.24) is 4.90 Å². The number of nitrogens with zero attached hydrogens (tertiary/aromatic N) is 1. The van der Waals surface area contributed by atoms with Crippen LogP contribution in [0, 0.1) is 0 Å². The van der Waals surface area contributed by atoms with E-state index in [1.807, 2.05) is 29.2 Å². The van der Waals surface area contributed by atoms with Gasteiger partial charge in [-0.3, -0.25) is 9.59 Å². The Labute approximate surface area is 190 Å². The molecule has 1 fully saturated rings. The van der Waals surface area contributed by atoms with Crippen molar-refractivity contribution < 1.29 is 24.5 Å². The molecule has 0 radical (unpaired) electrons. The number of benzene rings is 1. The third-order valence-electron chi connectivity index (χ3n) is 5.55. The lowest BCUT2D eigenvalue weighted by Crippen LogP contribution is -2.45. The van der Waals surface area contributed by atoms with E-state index in [1.165, 1.54) is 0 Å². The number of hydrogen-bond acceptors (Lipinski definition) is 5. The monoisotopic (exact) mass is 451 g/mol. The highest BCUT2D eigenvalue weighted by Gasteiger charge is 2.27. The van der Waals surface area contributed by atoms with Crippen LogP contribution in [0.5, 0.6) is 5.75 Å². The minimum atomic E-state index is -0.758. The summed E-state index contributed by atoms with van der Waals surface area (Å²) < 4.78 is 5.60. The van der Waals surface area contributed by atoms with Crippen LogP contribution in [-0.2, 0) is 16.0 Å². The number of aliphatic carboxylic acids is 1. The number of amides is 1. The zero-order chi connectivity index (χ0) is 22.5. The Morgan fingerprint density at radius 3 is 2.77 bits per heavy atom. The first-order chi connectivity index (χ1) is 15.0. The molecule has 1 aliphatic rings. The molecule has 31 heavy (non-hydrogen) atoms. The lowest BCUT2D eigenvalue weighted by Gasteiger charge is -2.36. The van der Waals surface area contributed by atoms with Gasteiger partial charge in [0.2, 0.25) is 5.91 Å². The molecule has 0 saturated carbocycles. The second-order valence-electron chi connectivity index (χ2n) is 8.17. The average molecular weight is 452 g/mol. The van der Waals surface area contributed by atoms with Crippen molar-refractivity contribution in [3.8, 4) is 5.75 Å². The van der Waals surface area contributed by atoms with E-state index in [0.29, 0.717) is 38.8 Å². The van der Waals surface area contributed by atoms with Crippen molar-refractivity contribution in [3.05, 3.63) is 29.8 Å². The fraction of sp³-hybridized carbons (Fsp3) is 0.667. The van der Waals surface area contributed by atoms with Crippen molar-refractivity contribution in [2.24, 2.45) is 0 Å². The van der Waals surface area contributed by atoms with E-state index in [0.717, 1.165) is 48.5 Å². The second kappa shape index (κ2) is 14.4. The van der Waals surface area contributed by atoms with Crippen LogP contribution in [0.3, 0.4) is 0 Å². The van der Waals surface area contributed by atoms with Gasteiger partial charge in [0.15, 0.2) is 0 Å². The van der Waals surface area contributed by atoms with Gasteiger partial charge in [-0.2, -0.15) is 11.8 Å². The van der Waals surface area contributed by atoms with Gasteiger partial charge in [-0.15, -0.1) is 0 Å². The molecule has 0 spiro atoms. The Morgan fingerprint density at radius 2 is 2.06 bits per heavy atom. The molecule has 2 rings (SSSR count). The number of rotatable bonds is 15. The summed E-state index contributed by atoms with van der Waals surface area (Å²) in [5.41, 5.74) is 1.09. The van der Waals surface area contributed by atoms with Crippen LogP contribution < -0.4 is 4.74 Å². The number of carbonyl (C=O) groups excluding carboxylic acids is 1. The molecule has 0 bridgehead atoms. The number of ether oxygens (including phenoxy) is 1. The van der Waals surface area contributed by atoms with E-state index in [4.69, 9.17) is 9.84 Å². The highest BCUT2D eigenvalue weighted by atomic mass is 32.2. The maximum absolute atomic E-state index is 12.4. The van der Waals surface area contributed by atoms with E-state index in [9.17, 15) is 14.7 Å². The Hall–Kier alpha value is -1.73. The number of aliphatic hydroxyl groups excluding tert-OH is 1. The van der Waals surface area contributed by atoms with Crippen LogP contribution in [0.4, 0.5) is 0 Å². The maximum Gasteiger partial charge on any atom is 0.303 e. The van der Waals surface area contributed by atoms with Gasteiger partial charge < -0.3 is 19.8 Å². The number of aliphatic hydroxyl groups is 1. The van der Waals surface area contributed by atoms with E-state index in [-0.39, 0.29) is 18.4 Å².